The minimum atomic E-state index is -1.18. The lowest BCUT2D eigenvalue weighted by Gasteiger charge is -2.24. The van der Waals surface area contributed by atoms with Gasteiger partial charge in [0.2, 0.25) is 5.91 Å². The summed E-state index contributed by atoms with van der Waals surface area (Å²) in [4.78, 5) is 36.5. The van der Waals surface area contributed by atoms with Crippen LogP contribution in [0.2, 0.25) is 0 Å². The van der Waals surface area contributed by atoms with Crippen LogP contribution in [0.3, 0.4) is 0 Å². The molecule has 0 saturated heterocycles. The molecular weight excluding hydrogens is 448 g/mol. The van der Waals surface area contributed by atoms with Crippen LogP contribution >= 0.6 is 0 Å². The summed E-state index contributed by atoms with van der Waals surface area (Å²) in [7, 11) is 0. The predicted molar refractivity (Wildman–Crippen MR) is 132 cm³/mol. The fourth-order valence-corrected chi connectivity index (χ4v) is 4.09. The molecule has 3 rings (SSSR count). The zero-order valence-corrected chi connectivity index (χ0v) is 20.7. The molecule has 0 spiro atoms. The van der Waals surface area contributed by atoms with E-state index in [0.29, 0.717) is 6.42 Å². The molecule has 35 heavy (non-hydrogen) atoms. The number of fused-ring (bicyclic) bond motifs is 3. The molecule has 188 valence electrons. The molecule has 0 aliphatic heterocycles. The fourth-order valence-electron chi connectivity index (χ4n) is 4.09. The van der Waals surface area contributed by atoms with E-state index in [2.05, 4.69) is 22.8 Å². The first-order valence-electron chi connectivity index (χ1n) is 11.9. The van der Waals surface area contributed by atoms with E-state index in [0.717, 1.165) is 22.3 Å². The van der Waals surface area contributed by atoms with E-state index in [1.807, 2.05) is 43.3 Å². The van der Waals surface area contributed by atoms with Crippen molar-refractivity contribution in [2.75, 3.05) is 13.2 Å². The van der Waals surface area contributed by atoms with E-state index in [1.165, 1.54) is 0 Å². The van der Waals surface area contributed by atoms with Gasteiger partial charge in [-0.25, -0.2) is 9.59 Å². The summed E-state index contributed by atoms with van der Waals surface area (Å²) in [5.74, 6) is -1.73. The van der Waals surface area contributed by atoms with Gasteiger partial charge in [0.1, 0.15) is 6.61 Å². The molecule has 0 fully saturated rings. The number of ether oxygens (including phenoxy) is 2. The third kappa shape index (κ3) is 7.05. The summed E-state index contributed by atoms with van der Waals surface area (Å²) >= 11 is 0. The summed E-state index contributed by atoms with van der Waals surface area (Å²) in [6.45, 7) is 7.27. The Bertz CT molecular complexity index is 1020. The van der Waals surface area contributed by atoms with Crippen LogP contribution < -0.4 is 10.6 Å². The number of hydrogen-bond acceptors (Lipinski definition) is 5. The molecule has 0 saturated carbocycles. The van der Waals surface area contributed by atoms with Gasteiger partial charge in [0.25, 0.3) is 0 Å². The molecule has 2 atom stereocenters. The molecule has 3 N–H and O–H groups in total. The monoisotopic (exact) mass is 482 g/mol. The Morgan fingerprint density at radius 1 is 0.971 bits per heavy atom. The van der Waals surface area contributed by atoms with E-state index in [-0.39, 0.29) is 25.6 Å². The number of amides is 2. The molecule has 8 nitrogen and oxygen atoms in total. The number of hydrogen-bond donors (Lipinski definition) is 3. The van der Waals surface area contributed by atoms with Gasteiger partial charge in [-0.15, -0.1) is 0 Å². The number of carbonyl (C=O) groups excluding carboxylic acids is 2. The highest BCUT2D eigenvalue weighted by Gasteiger charge is 2.29. The standard InChI is InChI=1S/C27H34N2O6/c1-5-17(14-24(30)29-23(25(31)32)16-35-27(2,3)4)28-26(33)34-15-22-20-12-8-6-10-18(20)19-11-7-9-13-21(19)22/h6-13,17,22-23H,5,14-16H2,1-4H3,(H,28,33)(H,29,30)(H,31,32)/t17-,23+/m1/s1. The number of alkyl carbamates (subject to hydrolysis) is 1. The smallest absolute Gasteiger partial charge is 0.407 e. The number of rotatable bonds is 10. The van der Waals surface area contributed by atoms with Crippen molar-refractivity contribution in [3.05, 3.63) is 59.7 Å². The lowest BCUT2D eigenvalue weighted by atomic mass is 9.98. The number of carboxylic acids is 1. The molecule has 0 heterocycles. The minimum absolute atomic E-state index is 0.0596. The van der Waals surface area contributed by atoms with Crippen LogP contribution in [0.4, 0.5) is 4.79 Å². The van der Waals surface area contributed by atoms with Crippen LogP contribution in [-0.4, -0.2) is 54.0 Å². The number of aliphatic carboxylic acids is 1. The Morgan fingerprint density at radius 3 is 2.06 bits per heavy atom. The SMILES string of the molecule is CC[C@H](CC(=O)N[C@@H](COC(C)(C)C)C(=O)O)NC(=O)OCC1c2ccccc2-c2ccccc21. The lowest BCUT2D eigenvalue weighted by molar-refractivity contribution is -0.145. The van der Waals surface area contributed by atoms with Crippen molar-refractivity contribution >= 4 is 18.0 Å². The van der Waals surface area contributed by atoms with E-state index >= 15 is 0 Å². The maximum absolute atomic E-state index is 12.5. The van der Waals surface area contributed by atoms with Crippen molar-refractivity contribution in [1.82, 2.24) is 10.6 Å². The van der Waals surface area contributed by atoms with Gasteiger partial charge in [-0.05, 0) is 49.4 Å². The Labute approximate surface area is 206 Å². The quantitative estimate of drug-likeness (QED) is 0.470. The van der Waals surface area contributed by atoms with Crippen LogP contribution in [0.25, 0.3) is 11.1 Å². The third-order valence-electron chi connectivity index (χ3n) is 5.91. The molecule has 1 aliphatic carbocycles. The maximum atomic E-state index is 12.5. The average Bonchev–Trinajstić information content (AvgIpc) is 3.13. The van der Waals surface area contributed by atoms with Gasteiger partial charge in [-0.1, -0.05) is 55.5 Å². The molecule has 2 aromatic carbocycles. The first-order chi connectivity index (χ1) is 16.6. The Hall–Kier alpha value is -3.39. The zero-order valence-electron chi connectivity index (χ0n) is 20.7. The Kier molecular flexibility index (Phi) is 8.51. The first kappa shape index (κ1) is 26.2. The van der Waals surface area contributed by atoms with E-state index < -0.39 is 35.7 Å². The van der Waals surface area contributed by atoms with Crippen molar-refractivity contribution < 1.29 is 29.0 Å². The molecule has 2 amide bonds. The van der Waals surface area contributed by atoms with Crippen molar-refractivity contribution in [1.29, 1.82) is 0 Å². The van der Waals surface area contributed by atoms with E-state index in [4.69, 9.17) is 9.47 Å². The summed E-state index contributed by atoms with van der Waals surface area (Å²) in [5.41, 5.74) is 3.98. The Morgan fingerprint density at radius 2 is 1.54 bits per heavy atom. The summed E-state index contributed by atoms with van der Waals surface area (Å²) in [6.07, 6.45) is -0.203. The van der Waals surface area contributed by atoms with Crippen LogP contribution in [0.15, 0.2) is 48.5 Å². The van der Waals surface area contributed by atoms with Crippen molar-refractivity contribution in [2.45, 2.75) is 64.1 Å². The molecule has 0 unspecified atom stereocenters. The second-order valence-corrected chi connectivity index (χ2v) is 9.66. The summed E-state index contributed by atoms with van der Waals surface area (Å²) in [6, 6.07) is 14.5. The van der Waals surface area contributed by atoms with Crippen LogP contribution in [0.1, 0.15) is 57.6 Å². The van der Waals surface area contributed by atoms with Gasteiger partial charge in [0.15, 0.2) is 6.04 Å². The van der Waals surface area contributed by atoms with Crippen LogP contribution in [-0.2, 0) is 19.1 Å². The summed E-state index contributed by atoms with van der Waals surface area (Å²) < 4.78 is 11.0. The first-order valence-corrected chi connectivity index (χ1v) is 11.9. The topological polar surface area (TPSA) is 114 Å². The highest BCUT2D eigenvalue weighted by atomic mass is 16.5. The number of carboxylic acid groups (broad SMARTS) is 1. The van der Waals surface area contributed by atoms with Crippen LogP contribution in [0.5, 0.6) is 0 Å². The highest BCUT2D eigenvalue weighted by molar-refractivity contribution is 5.84. The molecule has 8 heteroatoms. The summed E-state index contributed by atoms with van der Waals surface area (Å²) in [5, 5.41) is 14.6. The maximum Gasteiger partial charge on any atom is 0.407 e. The van der Waals surface area contributed by atoms with Gasteiger partial charge < -0.3 is 25.2 Å². The van der Waals surface area contributed by atoms with Crippen LogP contribution in [0, 0.1) is 0 Å². The average molecular weight is 483 g/mol. The lowest BCUT2D eigenvalue weighted by Crippen LogP contribution is -2.47. The number of carbonyl (C=O) groups is 3. The van der Waals surface area contributed by atoms with Gasteiger partial charge in [-0.3, -0.25) is 4.79 Å². The molecule has 0 bridgehead atoms. The molecule has 1 aliphatic rings. The van der Waals surface area contributed by atoms with Gasteiger partial charge in [0.05, 0.1) is 12.2 Å². The Balaban J connectivity index is 1.53. The molecule has 0 aromatic heterocycles. The van der Waals surface area contributed by atoms with E-state index in [1.54, 1.807) is 20.8 Å². The second-order valence-electron chi connectivity index (χ2n) is 9.66. The second kappa shape index (κ2) is 11.4. The predicted octanol–water partition coefficient (Wildman–Crippen LogP) is 4.08. The van der Waals surface area contributed by atoms with Crippen molar-refractivity contribution in [3.63, 3.8) is 0 Å². The normalized spacial score (nSPS) is 14.4. The highest BCUT2D eigenvalue weighted by Crippen LogP contribution is 2.44. The van der Waals surface area contributed by atoms with Crippen molar-refractivity contribution in [3.8, 4) is 11.1 Å². The van der Waals surface area contributed by atoms with E-state index in [9.17, 15) is 19.5 Å². The third-order valence-corrected chi connectivity index (χ3v) is 5.91. The van der Waals surface area contributed by atoms with Gasteiger partial charge in [0, 0.05) is 18.4 Å². The van der Waals surface area contributed by atoms with Gasteiger partial charge in [-0.2, -0.15) is 0 Å². The minimum Gasteiger partial charge on any atom is -0.480 e. The number of benzene rings is 2. The number of nitrogens with one attached hydrogen (secondary N) is 2. The van der Waals surface area contributed by atoms with Crippen molar-refractivity contribution in [2.24, 2.45) is 0 Å². The largest absolute Gasteiger partial charge is 0.480 e. The molecular formula is C27H34N2O6. The fraction of sp³-hybridized carbons (Fsp3) is 0.444. The van der Waals surface area contributed by atoms with Gasteiger partial charge >= 0.3 is 12.1 Å². The molecule has 0 radical (unpaired) electrons. The molecule has 2 aromatic rings. The zero-order chi connectivity index (χ0) is 25.6.